The molecule has 1 N–H and O–H groups in total. The third kappa shape index (κ3) is 1.90. The Bertz CT molecular complexity index is 729. The third-order valence-electron chi connectivity index (χ3n) is 2.53. The van der Waals surface area contributed by atoms with E-state index in [1.165, 1.54) is 0 Å². The third-order valence-corrected chi connectivity index (χ3v) is 2.53. The molecule has 0 aliphatic carbocycles. The fraction of sp³-hybridized carbons (Fsp3) is 0.0909. The number of aromatic nitrogens is 1. The molecule has 2 aromatic rings. The summed E-state index contributed by atoms with van der Waals surface area (Å²) in [6, 6.07) is 6.67. The van der Waals surface area contributed by atoms with Crippen LogP contribution >= 0.6 is 0 Å². The lowest BCUT2D eigenvalue weighted by molar-refractivity contribution is -0.255. The van der Waals surface area contributed by atoms with Crippen molar-refractivity contribution in [2.24, 2.45) is 5.11 Å². The Hall–Kier alpha value is -2.79. The maximum absolute atomic E-state index is 11.6. The van der Waals surface area contributed by atoms with E-state index in [1.54, 1.807) is 24.3 Å². The predicted molar refractivity (Wildman–Crippen MR) is 61.7 cm³/mol. The van der Waals surface area contributed by atoms with Crippen LogP contribution < -0.4 is 10.7 Å². The first-order valence-corrected chi connectivity index (χ1v) is 5.01. The summed E-state index contributed by atoms with van der Waals surface area (Å²) in [6.45, 7) is -0.218. The number of nitrogens with zero attached hydrogens (tertiary/aromatic N) is 3. The molecule has 18 heavy (non-hydrogen) atoms. The van der Waals surface area contributed by atoms with Crippen LogP contribution in [0.2, 0.25) is 0 Å². The number of carbonyl (C=O) groups is 1. The maximum Gasteiger partial charge on any atom is 0.257 e. The summed E-state index contributed by atoms with van der Waals surface area (Å²) >= 11 is 0. The molecule has 7 nitrogen and oxygen atoms in total. The van der Waals surface area contributed by atoms with Crippen LogP contribution in [0.15, 0.2) is 34.2 Å². The van der Waals surface area contributed by atoms with E-state index in [1.807, 2.05) is 0 Å². The van der Waals surface area contributed by atoms with E-state index in [9.17, 15) is 14.7 Å². The quantitative estimate of drug-likeness (QED) is 0.485. The summed E-state index contributed by atoms with van der Waals surface area (Å²) in [5, 5.41) is 14.8. The molecule has 1 heterocycles. The summed E-state index contributed by atoms with van der Waals surface area (Å²) in [4.78, 5) is 27.6. The van der Waals surface area contributed by atoms with E-state index < -0.39 is 17.1 Å². The van der Waals surface area contributed by atoms with Gasteiger partial charge in [-0.25, -0.2) is 0 Å². The number of nitrogens with one attached hydrogen (secondary N) is 1. The average Bonchev–Trinajstić information content (AvgIpc) is 2.34. The van der Waals surface area contributed by atoms with Gasteiger partial charge in [0, 0.05) is 15.8 Å². The van der Waals surface area contributed by atoms with E-state index in [2.05, 4.69) is 15.0 Å². The predicted octanol–water partition coefficient (Wildman–Crippen LogP) is 0.702. The van der Waals surface area contributed by atoms with Crippen molar-refractivity contribution in [3.63, 3.8) is 0 Å². The molecule has 1 aromatic heterocycles. The van der Waals surface area contributed by atoms with E-state index in [0.717, 1.165) is 0 Å². The Kier molecular flexibility index (Phi) is 2.99. The van der Waals surface area contributed by atoms with E-state index in [4.69, 9.17) is 5.53 Å². The van der Waals surface area contributed by atoms with Gasteiger partial charge < -0.3 is 14.9 Å². The first-order valence-electron chi connectivity index (χ1n) is 5.01. The Morgan fingerprint density at radius 3 is 2.83 bits per heavy atom. The van der Waals surface area contributed by atoms with Crippen molar-refractivity contribution in [1.82, 2.24) is 4.98 Å². The van der Waals surface area contributed by atoms with Crippen LogP contribution in [0.5, 0.6) is 0 Å². The Labute approximate surface area is 100 Å². The summed E-state index contributed by atoms with van der Waals surface area (Å²) in [5.41, 5.74) is 7.68. The lowest BCUT2D eigenvalue weighted by Crippen LogP contribution is -2.31. The molecule has 0 saturated carbocycles. The number of azide groups is 1. The number of hydrogen-bond acceptors (Lipinski definition) is 4. The fourth-order valence-corrected chi connectivity index (χ4v) is 1.79. The van der Waals surface area contributed by atoms with Crippen molar-refractivity contribution in [3.8, 4) is 0 Å². The number of aromatic carboxylic acids is 1. The summed E-state index contributed by atoms with van der Waals surface area (Å²) in [5.74, 6) is -1.59. The topological polar surface area (TPSA) is 122 Å². The molecular formula is C11H7N4O3-. The normalized spacial score (nSPS) is 10.0. The first kappa shape index (κ1) is 11.7. The highest BCUT2D eigenvalue weighted by Gasteiger charge is 2.12. The van der Waals surface area contributed by atoms with Crippen LogP contribution in [0.3, 0.4) is 0 Å². The second-order valence-corrected chi connectivity index (χ2v) is 3.53. The zero-order valence-electron chi connectivity index (χ0n) is 9.08. The first-order chi connectivity index (χ1) is 8.65. The van der Waals surface area contributed by atoms with Gasteiger partial charge in [0.15, 0.2) is 0 Å². The molecule has 0 aliphatic heterocycles. The Morgan fingerprint density at radius 1 is 1.44 bits per heavy atom. The number of carboxylic acids is 1. The number of aromatic amines is 1. The molecule has 0 bridgehead atoms. The molecule has 0 atom stereocenters. The minimum absolute atomic E-state index is 0.159. The fourth-order valence-electron chi connectivity index (χ4n) is 1.79. The molecule has 0 amide bonds. The van der Waals surface area contributed by atoms with Gasteiger partial charge in [-0.2, -0.15) is 0 Å². The van der Waals surface area contributed by atoms with Gasteiger partial charge >= 0.3 is 0 Å². The number of fused-ring (bicyclic) bond motifs is 1. The highest BCUT2D eigenvalue weighted by molar-refractivity contribution is 5.94. The van der Waals surface area contributed by atoms with Crippen molar-refractivity contribution in [1.29, 1.82) is 0 Å². The van der Waals surface area contributed by atoms with Crippen LogP contribution in [0, 0.1) is 0 Å². The van der Waals surface area contributed by atoms with Crippen molar-refractivity contribution in [2.45, 2.75) is 6.54 Å². The molecule has 90 valence electrons. The van der Waals surface area contributed by atoms with Gasteiger partial charge in [-0.1, -0.05) is 23.3 Å². The SMILES string of the molecule is [N-]=[N+]=NCc1c(C(=O)[O-])c(=O)[nH]c2ccccc12. The molecule has 1 aromatic carbocycles. The van der Waals surface area contributed by atoms with Crippen LogP contribution in [0.25, 0.3) is 21.3 Å². The zero-order chi connectivity index (χ0) is 13.1. The van der Waals surface area contributed by atoms with Gasteiger partial charge in [0.05, 0.1) is 18.1 Å². The van der Waals surface area contributed by atoms with Crippen LogP contribution in [0.4, 0.5) is 0 Å². The second kappa shape index (κ2) is 4.60. The number of para-hydroxylation sites is 1. The van der Waals surface area contributed by atoms with Gasteiger partial charge in [-0.15, -0.1) is 0 Å². The molecule has 0 fully saturated rings. The van der Waals surface area contributed by atoms with Crippen molar-refractivity contribution in [2.75, 3.05) is 0 Å². The lowest BCUT2D eigenvalue weighted by Gasteiger charge is -2.10. The van der Waals surface area contributed by atoms with Crippen molar-refractivity contribution in [3.05, 3.63) is 56.2 Å². The van der Waals surface area contributed by atoms with Gasteiger partial charge in [0.1, 0.15) is 0 Å². The number of carboxylic acid groups (broad SMARTS) is 1. The number of H-pyrrole nitrogens is 1. The molecule has 2 rings (SSSR count). The maximum atomic E-state index is 11.6. The highest BCUT2D eigenvalue weighted by Crippen LogP contribution is 2.18. The highest BCUT2D eigenvalue weighted by atomic mass is 16.4. The van der Waals surface area contributed by atoms with Crippen LogP contribution in [-0.4, -0.2) is 11.0 Å². The van der Waals surface area contributed by atoms with E-state index in [0.29, 0.717) is 10.9 Å². The molecule has 0 unspecified atom stereocenters. The number of rotatable bonds is 3. The molecule has 0 saturated heterocycles. The molecular weight excluding hydrogens is 236 g/mol. The van der Waals surface area contributed by atoms with Gasteiger partial charge in [0.25, 0.3) is 5.56 Å². The van der Waals surface area contributed by atoms with Crippen molar-refractivity contribution >= 4 is 16.9 Å². The van der Waals surface area contributed by atoms with E-state index >= 15 is 0 Å². The molecule has 0 spiro atoms. The van der Waals surface area contributed by atoms with Gasteiger partial charge in [-0.3, -0.25) is 4.79 Å². The zero-order valence-corrected chi connectivity index (χ0v) is 9.08. The number of benzene rings is 1. The lowest BCUT2D eigenvalue weighted by atomic mass is 10.0. The van der Waals surface area contributed by atoms with Crippen molar-refractivity contribution < 1.29 is 9.90 Å². The summed E-state index contributed by atoms with van der Waals surface area (Å²) in [7, 11) is 0. The Morgan fingerprint density at radius 2 is 2.17 bits per heavy atom. The minimum atomic E-state index is -1.59. The smallest absolute Gasteiger partial charge is 0.257 e. The van der Waals surface area contributed by atoms with Gasteiger partial charge in [0.2, 0.25) is 0 Å². The monoisotopic (exact) mass is 243 g/mol. The Balaban J connectivity index is 2.88. The second-order valence-electron chi connectivity index (χ2n) is 3.53. The number of hydrogen-bond donors (Lipinski definition) is 1. The van der Waals surface area contributed by atoms with Crippen LogP contribution in [0.1, 0.15) is 15.9 Å². The van der Waals surface area contributed by atoms with Crippen LogP contribution in [-0.2, 0) is 6.54 Å². The van der Waals surface area contributed by atoms with Gasteiger partial charge in [-0.05, 0) is 17.2 Å². The summed E-state index contributed by atoms with van der Waals surface area (Å²) < 4.78 is 0. The number of pyridine rings is 1. The largest absolute Gasteiger partial charge is 0.545 e. The molecule has 0 radical (unpaired) electrons. The summed E-state index contributed by atoms with van der Waals surface area (Å²) in [6.07, 6.45) is 0. The molecule has 7 heteroatoms. The van der Waals surface area contributed by atoms with E-state index in [-0.39, 0.29) is 12.1 Å². The standard InChI is InChI=1S/C11H8N4O3/c12-15-13-5-7-6-3-1-2-4-8(6)14-10(16)9(7)11(17)18/h1-4H,5H2,(H,14,16)(H,17,18)/p-1. The minimum Gasteiger partial charge on any atom is -0.545 e. The molecule has 0 aliphatic rings. The number of carbonyl (C=O) groups excluding carboxylic acids is 1. The average molecular weight is 243 g/mol.